The van der Waals surface area contributed by atoms with Gasteiger partial charge in [0.15, 0.2) is 0 Å². The minimum absolute atomic E-state index is 0.118. The third-order valence-corrected chi connectivity index (χ3v) is 4.95. The number of benzene rings is 3. The van der Waals surface area contributed by atoms with E-state index < -0.39 is 0 Å². The molecule has 3 aromatic rings. The number of anilines is 1. The lowest BCUT2D eigenvalue weighted by Crippen LogP contribution is -2.14. The van der Waals surface area contributed by atoms with Crippen LogP contribution in [0.2, 0.25) is 10.0 Å². The summed E-state index contributed by atoms with van der Waals surface area (Å²) in [7, 11) is 0. The number of hydrogen-bond donors (Lipinski definition) is 1. The zero-order valence-electron chi connectivity index (χ0n) is 12.1. The van der Waals surface area contributed by atoms with Gasteiger partial charge in [0.1, 0.15) is 0 Å². The molecule has 3 rings (SSSR count). The van der Waals surface area contributed by atoms with Crippen molar-refractivity contribution in [2.45, 2.75) is 4.90 Å². The molecule has 2 nitrogen and oxygen atoms in total. The molecular weight excluding hydrogens is 349 g/mol. The Labute approximate surface area is 148 Å². The van der Waals surface area contributed by atoms with Gasteiger partial charge in [-0.3, -0.25) is 4.79 Å². The fourth-order valence-electron chi connectivity index (χ4n) is 2.24. The quantitative estimate of drug-likeness (QED) is 0.588. The summed E-state index contributed by atoms with van der Waals surface area (Å²) in [5.74, 6) is 0.184. The Bertz CT molecular complexity index is 861. The molecule has 0 atom stereocenters. The Morgan fingerprint density at radius 2 is 1.78 bits per heavy atom. The van der Waals surface area contributed by atoms with Crippen LogP contribution in [0.1, 0.15) is 0 Å². The molecule has 0 aromatic heterocycles. The maximum Gasteiger partial charge on any atom is 0.234 e. The molecule has 5 heteroatoms. The Morgan fingerprint density at radius 1 is 1.00 bits per heavy atom. The van der Waals surface area contributed by atoms with Crippen LogP contribution in [0.15, 0.2) is 65.6 Å². The van der Waals surface area contributed by atoms with Gasteiger partial charge in [0.2, 0.25) is 5.91 Å². The van der Waals surface area contributed by atoms with E-state index in [2.05, 4.69) is 23.5 Å². The van der Waals surface area contributed by atoms with E-state index in [0.29, 0.717) is 21.5 Å². The summed E-state index contributed by atoms with van der Waals surface area (Å²) < 4.78 is 0. The molecule has 0 aliphatic carbocycles. The van der Waals surface area contributed by atoms with Gasteiger partial charge in [0, 0.05) is 9.92 Å². The third kappa shape index (κ3) is 3.99. The molecule has 0 saturated heterocycles. The second-order valence-corrected chi connectivity index (χ2v) is 6.80. The number of amides is 1. The van der Waals surface area contributed by atoms with Gasteiger partial charge in [-0.1, -0.05) is 59.6 Å². The average molecular weight is 362 g/mol. The summed E-state index contributed by atoms with van der Waals surface area (Å²) in [4.78, 5) is 13.2. The van der Waals surface area contributed by atoms with Crippen LogP contribution in [0.25, 0.3) is 10.8 Å². The fraction of sp³-hybridized carbons (Fsp3) is 0.0556. The van der Waals surface area contributed by atoms with Crippen LogP contribution >= 0.6 is 35.0 Å². The molecule has 0 heterocycles. The summed E-state index contributed by atoms with van der Waals surface area (Å²) in [6.45, 7) is 0. The molecule has 0 aliphatic rings. The highest BCUT2D eigenvalue weighted by Gasteiger charge is 2.08. The lowest BCUT2D eigenvalue weighted by Gasteiger charge is -2.09. The number of carbonyl (C=O) groups excluding carboxylic acids is 1. The van der Waals surface area contributed by atoms with Crippen molar-refractivity contribution < 1.29 is 4.79 Å². The van der Waals surface area contributed by atoms with Crippen LogP contribution < -0.4 is 5.32 Å². The number of rotatable bonds is 4. The summed E-state index contributed by atoms with van der Waals surface area (Å²) >= 11 is 13.5. The molecular formula is C18H13Cl2NOS. The van der Waals surface area contributed by atoms with Gasteiger partial charge in [-0.05, 0) is 35.0 Å². The monoisotopic (exact) mass is 361 g/mol. The molecule has 116 valence electrons. The second kappa shape index (κ2) is 7.26. The second-order valence-electron chi connectivity index (χ2n) is 4.94. The highest BCUT2D eigenvalue weighted by atomic mass is 35.5. The number of fused-ring (bicyclic) bond motifs is 1. The van der Waals surface area contributed by atoms with Gasteiger partial charge in [0.05, 0.1) is 16.5 Å². The summed E-state index contributed by atoms with van der Waals surface area (Å²) in [5, 5.41) is 6.11. The molecule has 0 saturated carbocycles. The van der Waals surface area contributed by atoms with Crippen molar-refractivity contribution in [2.24, 2.45) is 0 Å². The van der Waals surface area contributed by atoms with E-state index in [9.17, 15) is 4.79 Å². The predicted octanol–water partition coefficient (Wildman–Crippen LogP) is 5.88. The lowest BCUT2D eigenvalue weighted by atomic mass is 10.1. The van der Waals surface area contributed by atoms with E-state index in [1.165, 1.54) is 11.8 Å². The van der Waals surface area contributed by atoms with Crippen molar-refractivity contribution in [3.63, 3.8) is 0 Å². The SMILES string of the molecule is O=C(CSc1cccc2ccccc12)Nc1cc(Cl)ccc1Cl. The molecule has 0 bridgehead atoms. The normalized spacial score (nSPS) is 10.7. The van der Waals surface area contributed by atoms with Crippen LogP contribution in [0.3, 0.4) is 0 Å². The maximum absolute atomic E-state index is 12.2. The fourth-order valence-corrected chi connectivity index (χ4v) is 3.46. The minimum atomic E-state index is -0.118. The topological polar surface area (TPSA) is 29.1 Å². The third-order valence-electron chi connectivity index (χ3n) is 3.31. The van der Waals surface area contributed by atoms with Crippen LogP contribution in [-0.2, 0) is 4.79 Å². The van der Waals surface area contributed by atoms with Gasteiger partial charge in [-0.15, -0.1) is 11.8 Å². The van der Waals surface area contributed by atoms with E-state index in [-0.39, 0.29) is 5.91 Å². The zero-order valence-corrected chi connectivity index (χ0v) is 14.4. The Balaban J connectivity index is 1.70. The summed E-state index contributed by atoms with van der Waals surface area (Å²) in [5.41, 5.74) is 0.530. The first-order valence-electron chi connectivity index (χ1n) is 6.99. The molecule has 0 spiro atoms. The first kappa shape index (κ1) is 16.2. The number of halogens is 2. The van der Waals surface area contributed by atoms with E-state index in [0.717, 1.165) is 15.7 Å². The van der Waals surface area contributed by atoms with Crippen molar-refractivity contribution in [1.29, 1.82) is 0 Å². The van der Waals surface area contributed by atoms with Crippen molar-refractivity contribution in [3.05, 3.63) is 70.7 Å². The molecule has 0 fully saturated rings. The molecule has 0 radical (unpaired) electrons. The van der Waals surface area contributed by atoms with Gasteiger partial charge >= 0.3 is 0 Å². The first-order chi connectivity index (χ1) is 11.1. The zero-order chi connectivity index (χ0) is 16.2. The van der Waals surface area contributed by atoms with Gasteiger partial charge < -0.3 is 5.32 Å². The molecule has 0 unspecified atom stereocenters. The molecule has 0 aliphatic heterocycles. The van der Waals surface area contributed by atoms with E-state index in [4.69, 9.17) is 23.2 Å². The van der Waals surface area contributed by atoms with Crippen LogP contribution in [0.4, 0.5) is 5.69 Å². The summed E-state index contributed by atoms with van der Waals surface area (Å²) in [6, 6.07) is 19.2. The highest BCUT2D eigenvalue weighted by molar-refractivity contribution is 8.00. The number of carbonyl (C=O) groups is 1. The smallest absolute Gasteiger partial charge is 0.234 e. The predicted molar refractivity (Wildman–Crippen MR) is 99.8 cm³/mol. The molecule has 1 N–H and O–H groups in total. The van der Waals surface area contributed by atoms with E-state index in [1.54, 1.807) is 18.2 Å². The number of nitrogens with one attached hydrogen (secondary N) is 1. The van der Waals surface area contributed by atoms with Crippen molar-refractivity contribution >= 4 is 57.3 Å². The molecule has 1 amide bonds. The average Bonchev–Trinajstić information content (AvgIpc) is 2.56. The Hall–Kier alpha value is -1.68. The van der Waals surface area contributed by atoms with Gasteiger partial charge in [-0.25, -0.2) is 0 Å². The minimum Gasteiger partial charge on any atom is -0.324 e. The van der Waals surface area contributed by atoms with Crippen molar-refractivity contribution in [3.8, 4) is 0 Å². The Kier molecular flexibility index (Phi) is 5.11. The lowest BCUT2D eigenvalue weighted by molar-refractivity contribution is -0.113. The van der Waals surface area contributed by atoms with Crippen LogP contribution in [-0.4, -0.2) is 11.7 Å². The Morgan fingerprint density at radius 3 is 2.65 bits per heavy atom. The van der Waals surface area contributed by atoms with Gasteiger partial charge in [-0.2, -0.15) is 0 Å². The van der Waals surface area contributed by atoms with Crippen LogP contribution in [0.5, 0.6) is 0 Å². The number of hydrogen-bond acceptors (Lipinski definition) is 2. The largest absolute Gasteiger partial charge is 0.324 e. The first-order valence-corrected chi connectivity index (χ1v) is 8.73. The van der Waals surface area contributed by atoms with Crippen LogP contribution in [0, 0.1) is 0 Å². The van der Waals surface area contributed by atoms with Crippen molar-refractivity contribution in [2.75, 3.05) is 11.1 Å². The van der Waals surface area contributed by atoms with Gasteiger partial charge in [0.25, 0.3) is 0 Å². The summed E-state index contributed by atoms with van der Waals surface area (Å²) in [6.07, 6.45) is 0. The highest BCUT2D eigenvalue weighted by Crippen LogP contribution is 2.29. The number of thioether (sulfide) groups is 1. The molecule has 3 aromatic carbocycles. The standard InChI is InChI=1S/C18H13Cl2NOS/c19-13-8-9-15(20)16(10-13)21-18(22)11-23-17-7-3-5-12-4-1-2-6-14(12)17/h1-10H,11H2,(H,21,22). The van der Waals surface area contributed by atoms with Crippen molar-refractivity contribution in [1.82, 2.24) is 0 Å². The maximum atomic E-state index is 12.2. The van der Waals surface area contributed by atoms with E-state index >= 15 is 0 Å². The van der Waals surface area contributed by atoms with E-state index in [1.807, 2.05) is 24.3 Å². The molecule has 23 heavy (non-hydrogen) atoms.